The quantitative estimate of drug-likeness (QED) is 0.690. The first-order chi connectivity index (χ1) is 8.61. The Morgan fingerprint density at radius 1 is 1.11 bits per heavy atom. The Hall–Kier alpha value is -1.51. The van der Waals surface area contributed by atoms with Crippen LogP contribution in [0.1, 0.15) is 43.2 Å². The average molecular weight is 249 g/mol. The van der Waals surface area contributed by atoms with E-state index in [1.54, 1.807) is 0 Å². The lowest BCUT2D eigenvalue weighted by molar-refractivity contribution is -0.137. The smallest absolute Gasteiger partial charge is 0.303 e. The third-order valence-electron chi connectivity index (χ3n) is 3.10. The maximum absolute atomic E-state index is 10.3. The van der Waals surface area contributed by atoms with Crippen LogP contribution in [0, 0.1) is 13.8 Å². The molecular formula is C15H23NO2. The zero-order valence-electron chi connectivity index (χ0n) is 11.3. The van der Waals surface area contributed by atoms with Gasteiger partial charge in [-0.15, -0.1) is 0 Å². The summed E-state index contributed by atoms with van der Waals surface area (Å²) < 4.78 is 0. The average Bonchev–Trinajstić information content (AvgIpc) is 2.30. The van der Waals surface area contributed by atoms with Crippen molar-refractivity contribution in [3.05, 3.63) is 29.3 Å². The van der Waals surface area contributed by atoms with Gasteiger partial charge in [-0.2, -0.15) is 0 Å². The molecule has 0 unspecified atom stereocenters. The summed E-state index contributed by atoms with van der Waals surface area (Å²) in [6.07, 6.45) is 4.27. The second-order valence-electron chi connectivity index (χ2n) is 4.75. The Morgan fingerprint density at radius 2 is 1.72 bits per heavy atom. The molecular weight excluding hydrogens is 226 g/mol. The van der Waals surface area contributed by atoms with E-state index in [-0.39, 0.29) is 0 Å². The van der Waals surface area contributed by atoms with Crippen LogP contribution in [0.2, 0.25) is 0 Å². The van der Waals surface area contributed by atoms with E-state index in [9.17, 15) is 4.79 Å². The summed E-state index contributed by atoms with van der Waals surface area (Å²) in [5, 5.41) is 12.0. The molecule has 18 heavy (non-hydrogen) atoms. The van der Waals surface area contributed by atoms with Crippen LogP contribution in [0.25, 0.3) is 0 Å². The van der Waals surface area contributed by atoms with Gasteiger partial charge in [-0.1, -0.05) is 31.0 Å². The lowest BCUT2D eigenvalue weighted by Gasteiger charge is -2.12. The topological polar surface area (TPSA) is 49.3 Å². The van der Waals surface area contributed by atoms with Crippen molar-refractivity contribution >= 4 is 11.7 Å². The summed E-state index contributed by atoms with van der Waals surface area (Å²) in [6.45, 7) is 5.18. The standard InChI is InChI=1S/C15H23NO2/c1-12-8-7-9-13(2)15(12)16-11-6-4-3-5-10-14(17)18/h7-9,16H,3-6,10-11H2,1-2H3,(H,17,18). The highest BCUT2D eigenvalue weighted by Gasteiger charge is 2.00. The fourth-order valence-electron chi connectivity index (χ4n) is 2.06. The molecule has 0 saturated carbocycles. The van der Waals surface area contributed by atoms with E-state index >= 15 is 0 Å². The monoisotopic (exact) mass is 249 g/mol. The van der Waals surface area contributed by atoms with Gasteiger partial charge in [0, 0.05) is 18.7 Å². The molecule has 3 heteroatoms. The summed E-state index contributed by atoms with van der Waals surface area (Å²) in [7, 11) is 0. The van der Waals surface area contributed by atoms with Gasteiger partial charge >= 0.3 is 5.97 Å². The molecule has 3 nitrogen and oxygen atoms in total. The Labute approximate surface area is 109 Å². The van der Waals surface area contributed by atoms with E-state index < -0.39 is 5.97 Å². The van der Waals surface area contributed by atoms with Crippen LogP contribution in [0.5, 0.6) is 0 Å². The van der Waals surface area contributed by atoms with Crippen molar-refractivity contribution in [3.63, 3.8) is 0 Å². The summed E-state index contributed by atoms with van der Waals surface area (Å²) in [5.74, 6) is -0.691. The number of anilines is 1. The SMILES string of the molecule is Cc1cccc(C)c1NCCCCCCC(=O)O. The highest BCUT2D eigenvalue weighted by molar-refractivity contribution is 5.66. The minimum atomic E-state index is -0.691. The van der Waals surface area contributed by atoms with Gasteiger partial charge in [0.2, 0.25) is 0 Å². The zero-order valence-corrected chi connectivity index (χ0v) is 11.3. The van der Waals surface area contributed by atoms with Crippen molar-refractivity contribution in [2.45, 2.75) is 46.0 Å². The van der Waals surface area contributed by atoms with Crippen LogP contribution in [0.4, 0.5) is 5.69 Å². The second kappa shape index (κ2) is 7.75. The number of benzene rings is 1. The number of rotatable bonds is 8. The molecule has 0 aliphatic heterocycles. The van der Waals surface area contributed by atoms with Crippen LogP contribution in [0.3, 0.4) is 0 Å². The van der Waals surface area contributed by atoms with Crippen LogP contribution in [-0.4, -0.2) is 17.6 Å². The maximum Gasteiger partial charge on any atom is 0.303 e. The summed E-state index contributed by atoms with van der Waals surface area (Å²) in [4.78, 5) is 10.3. The first-order valence-electron chi connectivity index (χ1n) is 6.63. The first-order valence-corrected chi connectivity index (χ1v) is 6.63. The minimum Gasteiger partial charge on any atom is -0.481 e. The normalized spacial score (nSPS) is 10.3. The fraction of sp³-hybridized carbons (Fsp3) is 0.533. The Bertz CT molecular complexity index is 368. The molecule has 0 saturated heterocycles. The van der Waals surface area contributed by atoms with Gasteiger partial charge < -0.3 is 10.4 Å². The van der Waals surface area contributed by atoms with E-state index in [1.807, 2.05) is 0 Å². The molecule has 2 N–H and O–H groups in total. The molecule has 0 atom stereocenters. The Morgan fingerprint density at radius 3 is 2.33 bits per heavy atom. The van der Waals surface area contributed by atoms with Crippen LogP contribution < -0.4 is 5.32 Å². The molecule has 0 spiro atoms. The van der Waals surface area contributed by atoms with Crippen molar-refractivity contribution < 1.29 is 9.90 Å². The van der Waals surface area contributed by atoms with E-state index in [1.165, 1.54) is 16.8 Å². The molecule has 0 aromatic heterocycles. The van der Waals surface area contributed by atoms with E-state index in [0.29, 0.717) is 6.42 Å². The largest absolute Gasteiger partial charge is 0.481 e. The minimum absolute atomic E-state index is 0.296. The number of aliphatic carboxylic acids is 1. The van der Waals surface area contributed by atoms with Gasteiger partial charge in [0.25, 0.3) is 0 Å². The number of hydrogen-bond acceptors (Lipinski definition) is 2. The number of aryl methyl sites for hydroxylation is 2. The van der Waals surface area contributed by atoms with Gasteiger partial charge in [-0.3, -0.25) is 4.79 Å². The molecule has 1 rings (SSSR count). The second-order valence-corrected chi connectivity index (χ2v) is 4.75. The maximum atomic E-state index is 10.3. The van der Waals surface area contributed by atoms with E-state index in [2.05, 4.69) is 37.4 Å². The highest BCUT2D eigenvalue weighted by atomic mass is 16.4. The molecule has 100 valence electrons. The molecule has 0 aliphatic carbocycles. The van der Waals surface area contributed by atoms with Crippen molar-refractivity contribution in [1.29, 1.82) is 0 Å². The van der Waals surface area contributed by atoms with E-state index in [4.69, 9.17) is 5.11 Å². The summed E-state index contributed by atoms with van der Waals surface area (Å²) in [5.41, 5.74) is 3.80. The van der Waals surface area contributed by atoms with Crippen LogP contribution in [-0.2, 0) is 4.79 Å². The third kappa shape index (κ3) is 5.21. The Kier molecular flexibility index (Phi) is 6.26. The molecule has 0 aliphatic rings. The zero-order chi connectivity index (χ0) is 13.4. The third-order valence-corrected chi connectivity index (χ3v) is 3.10. The summed E-state index contributed by atoms with van der Waals surface area (Å²) >= 11 is 0. The number of hydrogen-bond donors (Lipinski definition) is 2. The van der Waals surface area contributed by atoms with Crippen molar-refractivity contribution in [2.75, 3.05) is 11.9 Å². The Balaban J connectivity index is 2.16. The number of carbonyl (C=O) groups is 1. The fourth-order valence-corrected chi connectivity index (χ4v) is 2.06. The number of para-hydroxylation sites is 1. The van der Waals surface area contributed by atoms with Gasteiger partial charge in [0.1, 0.15) is 0 Å². The number of unbranched alkanes of at least 4 members (excludes halogenated alkanes) is 3. The predicted molar refractivity (Wildman–Crippen MR) is 75.1 cm³/mol. The first kappa shape index (κ1) is 14.6. The van der Waals surface area contributed by atoms with Gasteiger partial charge in [-0.05, 0) is 37.8 Å². The van der Waals surface area contributed by atoms with Crippen LogP contribution >= 0.6 is 0 Å². The van der Waals surface area contributed by atoms with Crippen LogP contribution in [0.15, 0.2) is 18.2 Å². The molecule has 1 aromatic rings. The van der Waals surface area contributed by atoms with Crippen molar-refractivity contribution in [3.8, 4) is 0 Å². The number of carboxylic acids is 1. The van der Waals surface area contributed by atoms with Crippen molar-refractivity contribution in [2.24, 2.45) is 0 Å². The number of carboxylic acid groups (broad SMARTS) is 1. The lowest BCUT2D eigenvalue weighted by Crippen LogP contribution is -2.04. The lowest BCUT2D eigenvalue weighted by atomic mass is 10.1. The molecule has 0 amide bonds. The molecule has 0 radical (unpaired) electrons. The van der Waals surface area contributed by atoms with Gasteiger partial charge in [-0.25, -0.2) is 0 Å². The summed E-state index contributed by atoms with van der Waals surface area (Å²) in [6, 6.07) is 6.30. The van der Waals surface area contributed by atoms with Gasteiger partial charge in [0.05, 0.1) is 0 Å². The highest BCUT2D eigenvalue weighted by Crippen LogP contribution is 2.19. The predicted octanol–water partition coefficient (Wildman–Crippen LogP) is 3.75. The molecule has 0 heterocycles. The molecule has 0 fully saturated rings. The number of nitrogens with one attached hydrogen (secondary N) is 1. The van der Waals surface area contributed by atoms with E-state index in [0.717, 1.165) is 32.2 Å². The van der Waals surface area contributed by atoms with Gasteiger partial charge in [0.15, 0.2) is 0 Å². The molecule has 0 bridgehead atoms. The van der Waals surface area contributed by atoms with Crippen molar-refractivity contribution in [1.82, 2.24) is 0 Å². The molecule has 1 aromatic carbocycles.